The van der Waals surface area contributed by atoms with Gasteiger partial charge in [-0.25, -0.2) is 9.97 Å². The van der Waals surface area contributed by atoms with Gasteiger partial charge >= 0.3 is 0 Å². The molecule has 1 aromatic heterocycles. The second kappa shape index (κ2) is 5.89. The zero-order valence-electron chi connectivity index (χ0n) is 11.2. The molecule has 1 fully saturated rings. The van der Waals surface area contributed by atoms with Gasteiger partial charge in [-0.3, -0.25) is 0 Å². The number of nitrogens with zero attached hydrogens (tertiary/aromatic N) is 3. The molecule has 20 heavy (non-hydrogen) atoms. The van der Waals surface area contributed by atoms with Gasteiger partial charge in [0.15, 0.2) is 0 Å². The first-order valence-electron chi connectivity index (χ1n) is 6.83. The van der Waals surface area contributed by atoms with Crippen LogP contribution in [0.3, 0.4) is 0 Å². The monoisotopic (exact) mass is 332 g/mol. The SMILES string of the molecule is NCC1CCCN1c1nccc(-c2ccc(Br)cc2)n1. The van der Waals surface area contributed by atoms with Gasteiger partial charge in [0.1, 0.15) is 0 Å². The maximum Gasteiger partial charge on any atom is 0.226 e. The molecule has 0 saturated carbocycles. The van der Waals surface area contributed by atoms with Crippen LogP contribution in [0.5, 0.6) is 0 Å². The van der Waals surface area contributed by atoms with Crippen LogP contribution in [-0.4, -0.2) is 29.1 Å². The van der Waals surface area contributed by atoms with Crippen LogP contribution >= 0.6 is 15.9 Å². The van der Waals surface area contributed by atoms with E-state index in [1.807, 2.05) is 24.4 Å². The summed E-state index contributed by atoms with van der Waals surface area (Å²) in [5, 5.41) is 0. The molecule has 5 heteroatoms. The lowest BCUT2D eigenvalue weighted by Gasteiger charge is -2.23. The zero-order chi connectivity index (χ0) is 13.9. The number of aromatic nitrogens is 2. The Kier molecular flexibility index (Phi) is 3.98. The molecule has 0 amide bonds. The summed E-state index contributed by atoms with van der Waals surface area (Å²) in [5.74, 6) is 0.790. The average molecular weight is 333 g/mol. The second-order valence-electron chi connectivity index (χ2n) is 4.97. The Hall–Kier alpha value is -1.46. The third-order valence-corrected chi connectivity index (χ3v) is 4.22. The quantitative estimate of drug-likeness (QED) is 0.938. The highest BCUT2D eigenvalue weighted by atomic mass is 79.9. The third-order valence-electron chi connectivity index (χ3n) is 3.69. The number of benzene rings is 1. The number of anilines is 1. The number of hydrogen-bond donors (Lipinski definition) is 1. The van der Waals surface area contributed by atoms with Crippen molar-refractivity contribution in [1.29, 1.82) is 0 Å². The van der Waals surface area contributed by atoms with E-state index in [1.54, 1.807) is 0 Å². The summed E-state index contributed by atoms with van der Waals surface area (Å²) in [6.07, 6.45) is 4.11. The fourth-order valence-electron chi connectivity index (χ4n) is 2.61. The van der Waals surface area contributed by atoms with Crippen molar-refractivity contribution in [1.82, 2.24) is 9.97 Å². The average Bonchev–Trinajstić information content (AvgIpc) is 2.96. The molecule has 1 aliphatic heterocycles. The highest BCUT2D eigenvalue weighted by Gasteiger charge is 2.25. The highest BCUT2D eigenvalue weighted by Crippen LogP contribution is 2.25. The van der Waals surface area contributed by atoms with E-state index in [2.05, 4.69) is 37.9 Å². The van der Waals surface area contributed by atoms with Gasteiger partial charge in [-0.15, -0.1) is 0 Å². The minimum absolute atomic E-state index is 0.371. The first-order chi connectivity index (χ1) is 9.78. The van der Waals surface area contributed by atoms with Gasteiger partial charge in [-0.2, -0.15) is 0 Å². The summed E-state index contributed by atoms with van der Waals surface area (Å²) in [4.78, 5) is 11.3. The summed E-state index contributed by atoms with van der Waals surface area (Å²) in [7, 11) is 0. The lowest BCUT2D eigenvalue weighted by atomic mass is 10.1. The molecule has 1 saturated heterocycles. The van der Waals surface area contributed by atoms with Crippen LogP contribution in [0.4, 0.5) is 5.95 Å². The van der Waals surface area contributed by atoms with Crippen LogP contribution in [0.25, 0.3) is 11.3 Å². The molecule has 0 spiro atoms. The molecule has 4 nitrogen and oxygen atoms in total. The molecule has 1 aromatic carbocycles. The molecule has 104 valence electrons. The molecule has 1 aliphatic rings. The Morgan fingerprint density at radius 2 is 2.05 bits per heavy atom. The zero-order valence-corrected chi connectivity index (χ0v) is 12.8. The molecule has 2 aromatic rings. The van der Waals surface area contributed by atoms with Crippen molar-refractivity contribution >= 4 is 21.9 Å². The fourth-order valence-corrected chi connectivity index (χ4v) is 2.88. The van der Waals surface area contributed by atoms with Gasteiger partial charge in [-0.1, -0.05) is 28.1 Å². The van der Waals surface area contributed by atoms with E-state index in [4.69, 9.17) is 10.7 Å². The van der Waals surface area contributed by atoms with Crippen molar-refractivity contribution < 1.29 is 0 Å². The van der Waals surface area contributed by atoms with Crippen LogP contribution in [0.15, 0.2) is 41.0 Å². The molecule has 2 N–H and O–H groups in total. The first-order valence-corrected chi connectivity index (χ1v) is 7.63. The lowest BCUT2D eigenvalue weighted by molar-refractivity contribution is 0.664. The number of rotatable bonds is 3. The Balaban J connectivity index is 1.91. The van der Waals surface area contributed by atoms with Crippen molar-refractivity contribution in [3.05, 3.63) is 41.0 Å². The summed E-state index contributed by atoms with van der Waals surface area (Å²) >= 11 is 3.45. The fraction of sp³-hybridized carbons (Fsp3) is 0.333. The van der Waals surface area contributed by atoms with Crippen LogP contribution in [0, 0.1) is 0 Å². The van der Waals surface area contributed by atoms with Crippen molar-refractivity contribution in [2.24, 2.45) is 5.73 Å². The Bertz CT molecular complexity index is 585. The van der Waals surface area contributed by atoms with Crippen molar-refractivity contribution in [2.45, 2.75) is 18.9 Å². The van der Waals surface area contributed by atoms with Crippen molar-refractivity contribution in [3.8, 4) is 11.3 Å². The predicted molar refractivity (Wildman–Crippen MR) is 84.6 cm³/mol. The van der Waals surface area contributed by atoms with Crippen LogP contribution in [0.1, 0.15) is 12.8 Å². The number of nitrogens with two attached hydrogens (primary N) is 1. The smallest absolute Gasteiger partial charge is 0.226 e. The van der Waals surface area contributed by atoms with E-state index in [1.165, 1.54) is 0 Å². The third kappa shape index (κ3) is 2.69. The van der Waals surface area contributed by atoms with Crippen LogP contribution in [-0.2, 0) is 0 Å². The van der Waals surface area contributed by atoms with Crippen LogP contribution < -0.4 is 10.6 Å². The topological polar surface area (TPSA) is 55.0 Å². The number of halogens is 1. The summed E-state index contributed by atoms with van der Waals surface area (Å²) in [6.45, 7) is 1.65. The predicted octanol–water partition coefficient (Wildman–Crippen LogP) is 2.83. The minimum atomic E-state index is 0.371. The standard InChI is InChI=1S/C15H17BrN4/c16-12-5-3-11(4-6-12)14-7-8-18-15(19-14)20-9-1-2-13(20)10-17/h3-8,13H,1-2,9-10,17H2. The molecule has 1 atom stereocenters. The van der Waals surface area contributed by atoms with Gasteiger partial charge in [-0.05, 0) is 31.0 Å². The van der Waals surface area contributed by atoms with Crippen LogP contribution in [0.2, 0.25) is 0 Å². The van der Waals surface area contributed by atoms with E-state index in [-0.39, 0.29) is 0 Å². The molecule has 0 bridgehead atoms. The molecule has 1 unspecified atom stereocenters. The molecule has 3 rings (SSSR count). The summed E-state index contributed by atoms with van der Waals surface area (Å²) in [6, 6.07) is 10.5. The minimum Gasteiger partial charge on any atom is -0.337 e. The number of hydrogen-bond acceptors (Lipinski definition) is 4. The van der Waals surface area contributed by atoms with E-state index in [9.17, 15) is 0 Å². The second-order valence-corrected chi connectivity index (χ2v) is 5.89. The maximum atomic E-state index is 5.82. The summed E-state index contributed by atoms with van der Waals surface area (Å²) in [5.41, 5.74) is 7.87. The molecular weight excluding hydrogens is 316 g/mol. The van der Waals surface area contributed by atoms with E-state index >= 15 is 0 Å². The molecular formula is C15H17BrN4. The summed E-state index contributed by atoms with van der Waals surface area (Å²) < 4.78 is 1.07. The van der Waals surface area contributed by atoms with Gasteiger partial charge in [0, 0.05) is 35.4 Å². The largest absolute Gasteiger partial charge is 0.337 e. The van der Waals surface area contributed by atoms with E-state index in [0.717, 1.165) is 41.1 Å². The van der Waals surface area contributed by atoms with E-state index in [0.29, 0.717) is 12.6 Å². The normalized spacial score (nSPS) is 18.5. The Morgan fingerprint density at radius 1 is 1.25 bits per heavy atom. The van der Waals surface area contributed by atoms with Gasteiger partial charge in [0.25, 0.3) is 0 Å². The van der Waals surface area contributed by atoms with Gasteiger partial charge < -0.3 is 10.6 Å². The Labute approximate surface area is 127 Å². The van der Waals surface area contributed by atoms with Crippen molar-refractivity contribution in [3.63, 3.8) is 0 Å². The molecule has 2 heterocycles. The van der Waals surface area contributed by atoms with Gasteiger partial charge in [0.05, 0.1) is 5.69 Å². The van der Waals surface area contributed by atoms with Crippen molar-refractivity contribution in [2.75, 3.05) is 18.0 Å². The maximum absolute atomic E-state index is 5.82. The van der Waals surface area contributed by atoms with Gasteiger partial charge in [0.2, 0.25) is 5.95 Å². The first kappa shape index (κ1) is 13.5. The lowest BCUT2D eigenvalue weighted by Crippen LogP contribution is -2.36. The Morgan fingerprint density at radius 3 is 2.80 bits per heavy atom. The molecule has 0 radical (unpaired) electrons. The van der Waals surface area contributed by atoms with E-state index < -0.39 is 0 Å². The highest BCUT2D eigenvalue weighted by molar-refractivity contribution is 9.10. The molecule has 0 aliphatic carbocycles.